The Morgan fingerprint density at radius 2 is 2.06 bits per heavy atom. The van der Waals surface area contributed by atoms with Gasteiger partial charge in [0.1, 0.15) is 5.82 Å². The lowest BCUT2D eigenvalue weighted by Gasteiger charge is -2.03. The van der Waals surface area contributed by atoms with Crippen molar-refractivity contribution in [2.24, 2.45) is 0 Å². The summed E-state index contributed by atoms with van der Waals surface area (Å²) in [7, 11) is 0. The van der Waals surface area contributed by atoms with Crippen molar-refractivity contribution in [3.63, 3.8) is 0 Å². The van der Waals surface area contributed by atoms with Crippen LogP contribution in [0.25, 0.3) is 0 Å². The van der Waals surface area contributed by atoms with Gasteiger partial charge in [-0.05, 0) is 52.5 Å². The van der Waals surface area contributed by atoms with Crippen LogP contribution in [0, 0.1) is 12.7 Å². The molecule has 1 heterocycles. The molecule has 0 saturated heterocycles. The van der Waals surface area contributed by atoms with Crippen molar-refractivity contribution in [1.82, 2.24) is 0 Å². The van der Waals surface area contributed by atoms with E-state index in [4.69, 9.17) is 0 Å². The number of benzene rings is 1. The first-order valence-corrected chi connectivity index (χ1v) is 6.30. The summed E-state index contributed by atoms with van der Waals surface area (Å²) in [5.41, 5.74) is 1.17. The van der Waals surface area contributed by atoms with Crippen LogP contribution in [-0.2, 0) is 0 Å². The molecule has 1 aromatic heterocycles. The standard InChI is InChI=1S/C12H8BrFOS/c1-7-9(4-5-16-7)12(15)10-3-2-8(14)6-11(10)13/h2-6H,1H3. The second-order valence-corrected chi connectivity index (χ2v) is 5.32. The van der Waals surface area contributed by atoms with E-state index < -0.39 is 0 Å². The average Bonchev–Trinajstić information content (AvgIpc) is 2.63. The van der Waals surface area contributed by atoms with Crippen LogP contribution >= 0.6 is 27.3 Å². The Morgan fingerprint density at radius 1 is 1.31 bits per heavy atom. The number of aryl methyl sites for hydroxylation is 1. The molecule has 1 aromatic carbocycles. The zero-order chi connectivity index (χ0) is 11.7. The maximum atomic E-state index is 12.9. The van der Waals surface area contributed by atoms with Crippen molar-refractivity contribution >= 4 is 33.0 Å². The molecule has 0 radical (unpaired) electrons. The molecule has 0 atom stereocenters. The van der Waals surface area contributed by atoms with Gasteiger partial charge in [0.2, 0.25) is 0 Å². The number of rotatable bonds is 2. The molecule has 2 aromatic rings. The molecule has 2 rings (SSSR count). The maximum absolute atomic E-state index is 12.9. The zero-order valence-electron chi connectivity index (χ0n) is 8.46. The molecular formula is C12H8BrFOS. The van der Waals surface area contributed by atoms with Gasteiger partial charge in [-0.2, -0.15) is 0 Å². The molecule has 4 heteroatoms. The maximum Gasteiger partial charge on any atom is 0.195 e. The number of carbonyl (C=O) groups is 1. The van der Waals surface area contributed by atoms with Gasteiger partial charge in [0.05, 0.1) is 0 Å². The first kappa shape index (κ1) is 11.5. The van der Waals surface area contributed by atoms with Crippen molar-refractivity contribution in [2.75, 3.05) is 0 Å². The lowest BCUT2D eigenvalue weighted by molar-refractivity contribution is 0.103. The lowest BCUT2D eigenvalue weighted by atomic mass is 10.0. The van der Waals surface area contributed by atoms with Crippen LogP contribution in [0.4, 0.5) is 4.39 Å². The Kier molecular flexibility index (Phi) is 3.21. The van der Waals surface area contributed by atoms with Gasteiger partial charge in [-0.15, -0.1) is 11.3 Å². The molecule has 0 bridgehead atoms. The van der Waals surface area contributed by atoms with Gasteiger partial charge in [0.25, 0.3) is 0 Å². The summed E-state index contributed by atoms with van der Waals surface area (Å²) in [4.78, 5) is 13.1. The number of carbonyl (C=O) groups excluding carboxylic acids is 1. The SMILES string of the molecule is Cc1sccc1C(=O)c1ccc(F)cc1Br. The largest absolute Gasteiger partial charge is 0.289 e. The fourth-order valence-electron chi connectivity index (χ4n) is 1.44. The number of hydrogen-bond acceptors (Lipinski definition) is 2. The highest BCUT2D eigenvalue weighted by Crippen LogP contribution is 2.24. The highest BCUT2D eigenvalue weighted by Gasteiger charge is 2.15. The van der Waals surface area contributed by atoms with Crippen molar-refractivity contribution in [2.45, 2.75) is 6.92 Å². The van der Waals surface area contributed by atoms with Crippen LogP contribution in [0.15, 0.2) is 34.1 Å². The molecule has 0 aliphatic heterocycles. The van der Waals surface area contributed by atoms with Crippen LogP contribution in [0.2, 0.25) is 0 Å². The van der Waals surface area contributed by atoms with E-state index in [9.17, 15) is 9.18 Å². The molecule has 0 spiro atoms. The summed E-state index contributed by atoms with van der Waals surface area (Å²) >= 11 is 4.73. The molecule has 1 nitrogen and oxygen atoms in total. The Bertz CT molecular complexity index is 548. The fourth-order valence-corrected chi connectivity index (χ4v) is 2.67. The third-order valence-corrected chi connectivity index (χ3v) is 3.78. The van der Waals surface area contributed by atoms with Crippen LogP contribution in [0.3, 0.4) is 0 Å². The summed E-state index contributed by atoms with van der Waals surface area (Å²) in [6.07, 6.45) is 0. The number of ketones is 1. The highest BCUT2D eigenvalue weighted by molar-refractivity contribution is 9.10. The highest BCUT2D eigenvalue weighted by atomic mass is 79.9. The average molecular weight is 299 g/mol. The van der Waals surface area contributed by atoms with E-state index in [-0.39, 0.29) is 11.6 Å². The Labute approximate surface area is 105 Å². The molecule has 16 heavy (non-hydrogen) atoms. The number of hydrogen-bond donors (Lipinski definition) is 0. The predicted octanol–water partition coefficient (Wildman–Crippen LogP) is 4.19. The summed E-state index contributed by atoms with van der Waals surface area (Å²) < 4.78 is 13.4. The van der Waals surface area contributed by atoms with Gasteiger partial charge < -0.3 is 0 Å². The van der Waals surface area contributed by atoms with E-state index in [2.05, 4.69) is 15.9 Å². The minimum atomic E-state index is -0.356. The molecule has 0 fully saturated rings. The van der Waals surface area contributed by atoms with E-state index in [1.165, 1.54) is 29.5 Å². The quantitative estimate of drug-likeness (QED) is 0.760. The monoisotopic (exact) mass is 298 g/mol. The van der Waals surface area contributed by atoms with E-state index in [0.29, 0.717) is 15.6 Å². The predicted molar refractivity (Wildman–Crippen MR) is 66.6 cm³/mol. The van der Waals surface area contributed by atoms with E-state index >= 15 is 0 Å². The minimum Gasteiger partial charge on any atom is -0.289 e. The third kappa shape index (κ3) is 2.08. The molecule has 0 N–H and O–H groups in total. The molecule has 0 aliphatic rings. The summed E-state index contributed by atoms with van der Waals surface area (Å²) in [6.45, 7) is 1.90. The van der Waals surface area contributed by atoms with Crippen LogP contribution in [-0.4, -0.2) is 5.78 Å². The Hall–Kier alpha value is -1.00. The lowest BCUT2D eigenvalue weighted by Crippen LogP contribution is -2.02. The van der Waals surface area contributed by atoms with Gasteiger partial charge in [0, 0.05) is 20.5 Å². The van der Waals surface area contributed by atoms with Crippen LogP contribution in [0.1, 0.15) is 20.8 Å². The van der Waals surface area contributed by atoms with E-state index in [0.717, 1.165) is 4.88 Å². The first-order chi connectivity index (χ1) is 7.59. The Morgan fingerprint density at radius 3 is 2.62 bits per heavy atom. The molecule has 0 saturated carbocycles. The second kappa shape index (κ2) is 4.47. The first-order valence-electron chi connectivity index (χ1n) is 4.63. The normalized spacial score (nSPS) is 10.4. The van der Waals surface area contributed by atoms with Gasteiger partial charge in [0.15, 0.2) is 5.78 Å². The summed E-state index contributed by atoms with van der Waals surface area (Å²) in [6, 6.07) is 5.88. The zero-order valence-corrected chi connectivity index (χ0v) is 10.9. The van der Waals surface area contributed by atoms with Crippen molar-refractivity contribution in [3.05, 3.63) is 55.9 Å². The molecule has 82 valence electrons. The number of thiophene rings is 1. The van der Waals surface area contributed by atoms with Gasteiger partial charge in [-0.25, -0.2) is 4.39 Å². The fraction of sp³-hybridized carbons (Fsp3) is 0.0833. The van der Waals surface area contributed by atoms with Crippen molar-refractivity contribution < 1.29 is 9.18 Å². The molecular weight excluding hydrogens is 291 g/mol. The van der Waals surface area contributed by atoms with Gasteiger partial charge in [-0.1, -0.05) is 0 Å². The molecule has 0 aliphatic carbocycles. The Balaban J connectivity index is 2.46. The van der Waals surface area contributed by atoms with Gasteiger partial charge in [-0.3, -0.25) is 4.79 Å². The van der Waals surface area contributed by atoms with E-state index in [1.54, 1.807) is 6.07 Å². The molecule has 0 unspecified atom stereocenters. The van der Waals surface area contributed by atoms with Crippen molar-refractivity contribution in [3.8, 4) is 0 Å². The van der Waals surface area contributed by atoms with Crippen LogP contribution < -0.4 is 0 Å². The van der Waals surface area contributed by atoms with Gasteiger partial charge >= 0.3 is 0 Å². The minimum absolute atomic E-state index is 0.0781. The molecule has 0 amide bonds. The summed E-state index contributed by atoms with van der Waals surface area (Å²) in [5.74, 6) is -0.434. The third-order valence-electron chi connectivity index (χ3n) is 2.28. The smallest absolute Gasteiger partial charge is 0.195 e. The van der Waals surface area contributed by atoms with Crippen LogP contribution in [0.5, 0.6) is 0 Å². The van der Waals surface area contributed by atoms with E-state index in [1.807, 2.05) is 12.3 Å². The number of halogens is 2. The second-order valence-electron chi connectivity index (χ2n) is 3.34. The summed E-state index contributed by atoms with van der Waals surface area (Å²) in [5, 5.41) is 1.87. The van der Waals surface area contributed by atoms with Crippen molar-refractivity contribution in [1.29, 1.82) is 0 Å². The topological polar surface area (TPSA) is 17.1 Å².